The summed E-state index contributed by atoms with van der Waals surface area (Å²) in [5.74, 6) is 0.508. The van der Waals surface area contributed by atoms with Gasteiger partial charge in [0.05, 0.1) is 6.42 Å². The van der Waals surface area contributed by atoms with Gasteiger partial charge in [0.15, 0.2) is 5.69 Å². The first-order chi connectivity index (χ1) is 11.5. The van der Waals surface area contributed by atoms with Gasteiger partial charge in [0.25, 0.3) is 5.91 Å². The van der Waals surface area contributed by atoms with Crippen molar-refractivity contribution in [2.45, 2.75) is 13.3 Å². The van der Waals surface area contributed by atoms with Crippen molar-refractivity contribution in [2.75, 3.05) is 26.2 Å². The maximum atomic E-state index is 12.4. The van der Waals surface area contributed by atoms with Crippen molar-refractivity contribution in [1.82, 2.24) is 15.0 Å². The van der Waals surface area contributed by atoms with E-state index in [0.717, 1.165) is 5.56 Å². The number of piperazine rings is 1. The Balaban J connectivity index is 1.53. The van der Waals surface area contributed by atoms with Crippen molar-refractivity contribution in [2.24, 2.45) is 0 Å². The van der Waals surface area contributed by atoms with Crippen LogP contribution >= 0.6 is 11.6 Å². The molecule has 2 heterocycles. The Morgan fingerprint density at radius 2 is 1.75 bits per heavy atom. The normalized spacial score (nSPS) is 14.8. The highest BCUT2D eigenvalue weighted by atomic mass is 35.5. The lowest BCUT2D eigenvalue weighted by molar-refractivity contribution is -0.131. The molecule has 1 saturated heterocycles. The third-order valence-corrected chi connectivity index (χ3v) is 4.29. The van der Waals surface area contributed by atoms with E-state index in [1.165, 1.54) is 0 Å². The quantitative estimate of drug-likeness (QED) is 0.853. The number of carbonyl (C=O) groups excluding carboxylic acids is 2. The van der Waals surface area contributed by atoms with Gasteiger partial charge in [0.2, 0.25) is 5.91 Å². The monoisotopic (exact) mass is 347 g/mol. The van der Waals surface area contributed by atoms with Crippen LogP contribution in [0.1, 0.15) is 21.8 Å². The molecule has 24 heavy (non-hydrogen) atoms. The summed E-state index contributed by atoms with van der Waals surface area (Å²) in [6.45, 7) is 3.79. The summed E-state index contributed by atoms with van der Waals surface area (Å²) in [5.41, 5.74) is 1.24. The summed E-state index contributed by atoms with van der Waals surface area (Å²) in [6, 6.07) is 8.89. The van der Waals surface area contributed by atoms with E-state index in [4.69, 9.17) is 16.1 Å². The molecule has 1 aliphatic heterocycles. The molecule has 0 atom stereocenters. The van der Waals surface area contributed by atoms with Gasteiger partial charge in [-0.1, -0.05) is 28.9 Å². The molecule has 7 heteroatoms. The Hall–Kier alpha value is -2.34. The topological polar surface area (TPSA) is 66.7 Å². The molecule has 0 bridgehead atoms. The molecule has 0 spiro atoms. The summed E-state index contributed by atoms with van der Waals surface area (Å²) in [7, 11) is 0. The van der Waals surface area contributed by atoms with Gasteiger partial charge in [0.1, 0.15) is 5.76 Å². The predicted molar refractivity (Wildman–Crippen MR) is 88.9 cm³/mol. The van der Waals surface area contributed by atoms with Crippen molar-refractivity contribution >= 4 is 23.4 Å². The highest BCUT2D eigenvalue weighted by Gasteiger charge is 2.26. The molecule has 126 valence electrons. The standard InChI is InChI=1S/C17H18ClN3O3/c1-12-10-15(19-24-12)17(23)21-8-6-20(7-9-21)16(22)11-13-2-4-14(18)5-3-13/h2-5,10H,6-9,11H2,1H3. The van der Waals surface area contributed by atoms with E-state index in [-0.39, 0.29) is 11.8 Å². The lowest BCUT2D eigenvalue weighted by Crippen LogP contribution is -2.51. The Kier molecular flexibility index (Phi) is 4.85. The molecule has 1 fully saturated rings. The highest BCUT2D eigenvalue weighted by Crippen LogP contribution is 2.13. The second kappa shape index (κ2) is 7.05. The second-order valence-corrected chi connectivity index (χ2v) is 6.24. The Bertz CT molecular complexity index is 734. The number of benzene rings is 1. The van der Waals surface area contributed by atoms with E-state index < -0.39 is 0 Å². The van der Waals surface area contributed by atoms with Crippen molar-refractivity contribution in [1.29, 1.82) is 0 Å². The molecule has 0 aliphatic carbocycles. The molecular formula is C17H18ClN3O3. The van der Waals surface area contributed by atoms with E-state index >= 15 is 0 Å². The summed E-state index contributed by atoms with van der Waals surface area (Å²) in [4.78, 5) is 28.1. The second-order valence-electron chi connectivity index (χ2n) is 5.80. The SMILES string of the molecule is Cc1cc(C(=O)N2CCN(C(=O)Cc3ccc(Cl)cc3)CC2)no1. The van der Waals surface area contributed by atoms with Crippen LogP contribution in [-0.4, -0.2) is 52.9 Å². The molecular weight excluding hydrogens is 330 g/mol. The number of aromatic nitrogens is 1. The van der Waals surface area contributed by atoms with Crippen LogP contribution in [0.25, 0.3) is 0 Å². The highest BCUT2D eigenvalue weighted by molar-refractivity contribution is 6.30. The van der Waals surface area contributed by atoms with Gasteiger partial charge in [-0.3, -0.25) is 9.59 Å². The summed E-state index contributed by atoms with van der Waals surface area (Å²) >= 11 is 5.85. The van der Waals surface area contributed by atoms with E-state index in [0.29, 0.717) is 49.1 Å². The number of halogens is 1. The van der Waals surface area contributed by atoms with Crippen LogP contribution in [-0.2, 0) is 11.2 Å². The first kappa shape index (κ1) is 16.5. The summed E-state index contributed by atoms with van der Waals surface area (Å²) < 4.78 is 4.94. The molecule has 2 aromatic rings. The smallest absolute Gasteiger partial charge is 0.276 e. The fraction of sp³-hybridized carbons (Fsp3) is 0.353. The van der Waals surface area contributed by atoms with Crippen LogP contribution in [0.2, 0.25) is 5.02 Å². The third-order valence-electron chi connectivity index (χ3n) is 4.04. The van der Waals surface area contributed by atoms with Crippen molar-refractivity contribution in [3.8, 4) is 0 Å². The van der Waals surface area contributed by atoms with Crippen molar-refractivity contribution in [3.63, 3.8) is 0 Å². The lowest BCUT2D eigenvalue weighted by atomic mass is 10.1. The molecule has 0 N–H and O–H groups in total. The number of hydrogen-bond acceptors (Lipinski definition) is 4. The number of hydrogen-bond donors (Lipinski definition) is 0. The van der Waals surface area contributed by atoms with Crippen LogP contribution in [0.5, 0.6) is 0 Å². The van der Waals surface area contributed by atoms with Gasteiger partial charge in [-0.15, -0.1) is 0 Å². The van der Waals surface area contributed by atoms with Crippen LogP contribution in [0, 0.1) is 6.92 Å². The zero-order chi connectivity index (χ0) is 17.1. The summed E-state index contributed by atoms with van der Waals surface area (Å²) in [5, 5.41) is 4.40. The zero-order valence-corrected chi connectivity index (χ0v) is 14.1. The molecule has 6 nitrogen and oxygen atoms in total. The first-order valence-electron chi connectivity index (χ1n) is 7.78. The van der Waals surface area contributed by atoms with Gasteiger partial charge in [-0.05, 0) is 24.6 Å². The minimum atomic E-state index is -0.156. The van der Waals surface area contributed by atoms with Gasteiger partial charge in [0, 0.05) is 37.3 Å². The maximum absolute atomic E-state index is 12.4. The predicted octanol–water partition coefficient (Wildman–Crippen LogP) is 2.16. The lowest BCUT2D eigenvalue weighted by Gasteiger charge is -2.34. The maximum Gasteiger partial charge on any atom is 0.276 e. The fourth-order valence-corrected chi connectivity index (χ4v) is 2.80. The molecule has 1 aliphatic rings. The Morgan fingerprint density at radius 1 is 1.12 bits per heavy atom. The van der Waals surface area contributed by atoms with Gasteiger partial charge in [-0.2, -0.15) is 0 Å². The van der Waals surface area contributed by atoms with Crippen LogP contribution in [0.15, 0.2) is 34.9 Å². The van der Waals surface area contributed by atoms with Gasteiger partial charge < -0.3 is 14.3 Å². The minimum Gasteiger partial charge on any atom is -0.361 e. The van der Waals surface area contributed by atoms with Gasteiger partial charge >= 0.3 is 0 Å². The Morgan fingerprint density at radius 3 is 2.33 bits per heavy atom. The van der Waals surface area contributed by atoms with Crippen LogP contribution < -0.4 is 0 Å². The van der Waals surface area contributed by atoms with E-state index in [1.54, 1.807) is 34.9 Å². The molecule has 3 rings (SSSR count). The number of amides is 2. The number of nitrogens with zero attached hydrogens (tertiary/aromatic N) is 3. The van der Waals surface area contributed by atoms with Gasteiger partial charge in [-0.25, -0.2) is 0 Å². The largest absolute Gasteiger partial charge is 0.361 e. The van der Waals surface area contributed by atoms with Crippen LogP contribution in [0.3, 0.4) is 0 Å². The van der Waals surface area contributed by atoms with Crippen molar-refractivity contribution in [3.05, 3.63) is 52.4 Å². The minimum absolute atomic E-state index is 0.0571. The molecule has 1 aromatic carbocycles. The Labute approximate surface area is 145 Å². The average Bonchev–Trinajstić information content (AvgIpc) is 3.03. The van der Waals surface area contributed by atoms with E-state index in [2.05, 4.69) is 5.16 Å². The van der Waals surface area contributed by atoms with Crippen LogP contribution in [0.4, 0.5) is 0 Å². The zero-order valence-electron chi connectivity index (χ0n) is 13.4. The molecule has 0 radical (unpaired) electrons. The van der Waals surface area contributed by atoms with E-state index in [9.17, 15) is 9.59 Å². The average molecular weight is 348 g/mol. The first-order valence-corrected chi connectivity index (χ1v) is 8.15. The number of aryl methyl sites for hydroxylation is 1. The number of carbonyl (C=O) groups is 2. The number of rotatable bonds is 3. The van der Waals surface area contributed by atoms with Crippen molar-refractivity contribution < 1.29 is 14.1 Å². The molecule has 0 saturated carbocycles. The fourth-order valence-electron chi connectivity index (χ4n) is 2.68. The van der Waals surface area contributed by atoms with E-state index in [1.807, 2.05) is 12.1 Å². The summed E-state index contributed by atoms with van der Waals surface area (Å²) in [6.07, 6.45) is 0.341. The molecule has 1 aromatic heterocycles. The third kappa shape index (κ3) is 3.76. The molecule has 0 unspecified atom stereocenters. The molecule has 2 amide bonds.